The lowest BCUT2D eigenvalue weighted by atomic mass is 10.2. The van der Waals surface area contributed by atoms with Crippen LogP contribution in [0.2, 0.25) is 0 Å². The standard InChI is InChI=1S/C10H11N/c1-3-9-5-7-10(8-6-9)11-4-2/h1,5-8,11H,4H2,2H3. The van der Waals surface area contributed by atoms with Crippen LogP contribution in [0.3, 0.4) is 0 Å². The first-order valence-electron chi connectivity index (χ1n) is 3.67. The maximum atomic E-state index is 5.20. The fourth-order valence-electron chi connectivity index (χ4n) is 0.888. The van der Waals surface area contributed by atoms with Gasteiger partial charge in [0.15, 0.2) is 0 Å². The zero-order chi connectivity index (χ0) is 8.10. The first-order chi connectivity index (χ1) is 5.36. The summed E-state index contributed by atoms with van der Waals surface area (Å²) < 4.78 is 0. The molecule has 1 rings (SSSR count). The van der Waals surface area contributed by atoms with Crippen molar-refractivity contribution in [2.75, 3.05) is 11.9 Å². The summed E-state index contributed by atoms with van der Waals surface area (Å²) in [5, 5.41) is 3.19. The Morgan fingerprint density at radius 1 is 1.36 bits per heavy atom. The zero-order valence-electron chi connectivity index (χ0n) is 6.59. The van der Waals surface area contributed by atoms with E-state index < -0.39 is 0 Å². The molecular weight excluding hydrogens is 134 g/mol. The van der Waals surface area contributed by atoms with Crippen LogP contribution in [0.5, 0.6) is 0 Å². The Labute approximate surface area is 67.4 Å². The Morgan fingerprint density at radius 3 is 2.45 bits per heavy atom. The van der Waals surface area contributed by atoms with E-state index in [9.17, 15) is 0 Å². The summed E-state index contributed by atoms with van der Waals surface area (Å²) in [6.45, 7) is 3.00. The predicted molar refractivity (Wildman–Crippen MR) is 48.5 cm³/mol. The molecular formula is C10H11N. The molecule has 1 N–H and O–H groups in total. The highest BCUT2D eigenvalue weighted by Crippen LogP contribution is 2.07. The van der Waals surface area contributed by atoms with Gasteiger partial charge >= 0.3 is 0 Å². The highest BCUT2D eigenvalue weighted by molar-refractivity contribution is 5.47. The second kappa shape index (κ2) is 3.68. The summed E-state index contributed by atoms with van der Waals surface area (Å²) in [5.74, 6) is 2.57. The normalized spacial score (nSPS) is 8.73. The van der Waals surface area contributed by atoms with E-state index in [4.69, 9.17) is 6.42 Å². The fourth-order valence-corrected chi connectivity index (χ4v) is 0.888. The molecule has 0 unspecified atom stereocenters. The van der Waals surface area contributed by atoms with Crippen LogP contribution in [0.1, 0.15) is 12.5 Å². The average molecular weight is 145 g/mol. The first-order valence-corrected chi connectivity index (χ1v) is 3.67. The molecule has 0 aliphatic rings. The molecule has 1 aromatic carbocycles. The van der Waals surface area contributed by atoms with E-state index in [2.05, 4.69) is 18.2 Å². The van der Waals surface area contributed by atoms with Gasteiger partial charge in [-0.1, -0.05) is 5.92 Å². The number of hydrogen-bond acceptors (Lipinski definition) is 1. The van der Waals surface area contributed by atoms with Gasteiger partial charge in [-0.3, -0.25) is 0 Å². The Balaban J connectivity index is 2.76. The maximum absolute atomic E-state index is 5.20. The van der Waals surface area contributed by atoms with Gasteiger partial charge in [0.05, 0.1) is 0 Å². The van der Waals surface area contributed by atoms with Crippen LogP contribution < -0.4 is 5.32 Å². The zero-order valence-corrected chi connectivity index (χ0v) is 6.59. The number of terminal acetylenes is 1. The molecule has 1 heteroatoms. The molecule has 0 saturated carbocycles. The van der Waals surface area contributed by atoms with Gasteiger partial charge in [0, 0.05) is 17.8 Å². The van der Waals surface area contributed by atoms with E-state index in [1.807, 2.05) is 24.3 Å². The highest BCUT2D eigenvalue weighted by Gasteiger charge is 1.87. The average Bonchev–Trinajstić information content (AvgIpc) is 2.07. The number of rotatable bonds is 2. The minimum absolute atomic E-state index is 0.923. The molecule has 0 amide bonds. The molecule has 11 heavy (non-hydrogen) atoms. The van der Waals surface area contributed by atoms with E-state index >= 15 is 0 Å². The molecule has 0 radical (unpaired) electrons. The van der Waals surface area contributed by atoms with Crippen molar-refractivity contribution in [2.24, 2.45) is 0 Å². The second-order valence-corrected chi connectivity index (χ2v) is 2.25. The Morgan fingerprint density at radius 2 is 2.00 bits per heavy atom. The van der Waals surface area contributed by atoms with Crippen LogP contribution in [0.25, 0.3) is 0 Å². The van der Waals surface area contributed by atoms with Crippen molar-refractivity contribution in [3.8, 4) is 12.3 Å². The van der Waals surface area contributed by atoms with Gasteiger partial charge in [-0.2, -0.15) is 0 Å². The minimum Gasteiger partial charge on any atom is -0.385 e. The molecule has 1 nitrogen and oxygen atoms in total. The molecule has 0 heterocycles. The van der Waals surface area contributed by atoms with Gasteiger partial charge in [0.2, 0.25) is 0 Å². The SMILES string of the molecule is C#Cc1ccc(NCC)cc1. The number of benzene rings is 1. The van der Waals surface area contributed by atoms with Crippen molar-refractivity contribution >= 4 is 5.69 Å². The molecule has 0 saturated heterocycles. The van der Waals surface area contributed by atoms with E-state index in [1.54, 1.807) is 0 Å². The van der Waals surface area contributed by atoms with Crippen molar-refractivity contribution in [1.82, 2.24) is 0 Å². The lowest BCUT2D eigenvalue weighted by Crippen LogP contribution is -1.95. The van der Waals surface area contributed by atoms with Gasteiger partial charge in [-0.15, -0.1) is 6.42 Å². The predicted octanol–water partition coefficient (Wildman–Crippen LogP) is 2.10. The Kier molecular flexibility index (Phi) is 2.57. The van der Waals surface area contributed by atoms with E-state index in [0.29, 0.717) is 0 Å². The molecule has 1 aromatic rings. The van der Waals surface area contributed by atoms with E-state index in [0.717, 1.165) is 17.8 Å². The van der Waals surface area contributed by atoms with Crippen LogP contribution in [0, 0.1) is 12.3 Å². The molecule has 0 aliphatic carbocycles. The summed E-state index contributed by atoms with van der Waals surface area (Å²) in [4.78, 5) is 0. The van der Waals surface area contributed by atoms with Crippen molar-refractivity contribution < 1.29 is 0 Å². The summed E-state index contributed by atoms with van der Waals surface area (Å²) in [6.07, 6.45) is 5.20. The smallest absolute Gasteiger partial charge is 0.0340 e. The van der Waals surface area contributed by atoms with E-state index in [1.165, 1.54) is 0 Å². The molecule has 0 spiro atoms. The van der Waals surface area contributed by atoms with Crippen molar-refractivity contribution in [3.05, 3.63) is 29.8 Å². The Hall–Kier alpha value is -1.42. The number of nitrogens with one attached hydrogen (secondary N) is 1. The second-order valence-electron chi connectivity index (χ2n) is 2.25. The highest BCUT2D eigenvalue weighted by atomic mass is 14.8. The van der Waals surface area contributed by atoms with Gasteiger partial charge in [-0.05, 0) is 31.2 Å². The third-order valence-corrected chi connectivity index (χ3v) is 1.43. The summed E-state index contributed by atoms with van der Waals surface area (Å²) in [5.41, 5.74) is 2.04. The fraction of sp³-hybridized carbons (Fsp3) is 0.200. The van der Waals surface area contributed by atoms with Crippen molar-refractivity contribution in [3.63, 3.8) is 0 Å². The largest absolute Gasteiger partial charge is 0.385 e. The summed E-state index contributed by atoms with van der Waals surface area (Å²) >= 11 is 0. The van der Waals surface area contributed by atoms with Crippen LogP contribution in [-0.2, 0) is 0 Å². The van der Waals surface area contributed by atoms with Crippen molar-refractivity contribution in [2.45, 2.75) is 6.92 Å². The van der Waals surface area contributed by atoms with E-state index in [-0.39, 0.29) is 0 Å². The molecule has 0 aromatic heterocycles. The monoisotopic (exact) mass is 145 g/mol. The lowest BCUT2D eigenvalue weighted by Gasteiger charge is -2.01. The molecule has 0 fully saturated rings. The first kappa shape index (κ1) is 7.68. The quantitative estimate of drug-likeness (QED) is 0.628. The number of hydrogen-bond donors (Lipinski definition) is 1. The van der Waals surface area contributed by atoms with Gasteiger partial charge in [0.1, 0.15) is 0 Å². The van der Waals surface area contributed by atoms with Crippen LogP contribution >= 0.6 is 0 Å². The van der Waals surface area contributed by atoms with Crippen LogP contribution in [0.15, 0.2) is 24.3 Å². The van der Waals surface area contributed by atoms with Gasteiger partial charge in [-0.25, -0.2) is 0 Å². The van der Waals surface area contributed by atoms with Crippen LogP contribution in [-0.4, -0.2) is 6.54 Å². The third kappa shape index (κ3) is 2.01. The van der Waals surface area contributed by atoms with Gasteiger partial charge in [0.25, 0.3) is 0 Å². The van der Waals surface area contributed by atoms with Crippen molar-refractivity contribution in [1.29, 1.82) is 0 Å². The summed E-state index contributed by atoms with van der Waals surface area (Å²) in [7, 11) is 0. The van der Waals surface area contributed by atoms with Gasteiger partial charge < -0.3 is 5.32 Å². The molecule has 0 atom stereocenters. The topological polar surface area (TPSA) is 12.0 Å². The maximum Gasteiger partial charge on any atom is 0.0340 e. The number of anilines is 1. The molecule has 56 valence electrons. The molecule has 0 aliphatic heterocycles. The van der Waals surface area contributed by atoms with Crippen LogP contribution in [0.4, 0.5) is 5.69 Å². The minimum atomic E-state index is 0.923. The Bertz CT molecular complexity index is 253. The molecule has 0 bridgehead atoms. The summed E-state index contributed by atoms with van der Waals surface area (Å²) in [6, 6.07) is 7.83. The third-order valence-electron chi connectivity index (χ3n) is 1.43. The lowest BCUT2D eigenvalue weighted by molar-refractivity contribution is 1.21.